The second-order valence-electron chi connectivity index (χ2n) is 3.21. The summed E-state index contributed by atoms with van der Waals surface area (Å²) in [6.07, 6.45) is 0.941. The molecule has 0 aromatic heterocycles. The molecule has 0 aliphatic heterocycles. The van der Waals surface area contributed by atoms with E-state index in [4.69, 9.17) is 10.00 Å². The zero-order valence-electron chi connectivity index (χ0n) is 9.00. The molecule has 6 nitrogen and oxygen atoms in total. The van der Waals surface area contributed by atoms with Gasteiger partial charge >= 0.3 is 5.97 Å². The maximum Gasteiger partial charge on any atom is 0.326 e. The van der Waals surface area contributed by atoms with Crippen LogP contribution in [0.2, 0.25) is 0 Å². The predicted octanol–water partition coefficient (Wildman–Crippen LogP) is 0.0129. The second kappa shape index (κ2) is 5.43. The molecule has 17 heavy (non-hydrogen) atoms. The van der Waals surface area contributed by atoms with Crippen LogP contribution in [-0.4, -0.2) is 27.2 Å². The smallest absolute Gasteiger partial charge is 0.326 e. The Bertz CT molecular complexity index is 560. The largest absolute Gasteiger partial charge is 0.426 e. The Balaban J connectivity index is 2.60. The fraction of sp³-hybridized carbons (Fsp3) is 0.200. The van der Waals surface area contributed by atoms with E-state index in [9.17, 15) is 13.2 Å². The monoisotopic (exact) mass is 254 g/mol. The number of hydrogen-bond acceptors (Lipinski definition) is 5. The first-order valence-electron chi connectivity index (χ1n) is 4.56. The summed E-state index contributed by atoms with van der Waals surface area (Å²) in [5.74, 6) is -0.546. The molecule has 1 rings (SSSR count). The summed E-state index contributed by atoms with van der Waals surface area (Å²) in [7, 11) is -3.43. The van der Waals surface area contributed by atoms with E-state index in [2.05, 4.69) is 0 Å². The van der Waals surface area contributed by atoms with E-state index >= 15 is 0 Å². The Labute approximate surface area is 98.9 Å². The molecule has 1 aromatic carbocycles. The zero-order chi connectivity index (χ0) is 12.9. The maximum absolute atomic E-state index is 11.2. The van der Waals surface area contributed by atoms with Crippen molar-refractivity contribution in [1.29, 1.82) is 5.26 Å². The molecule has 0 radical (unpaired) electrons. The second-order valence-corrected chi connectivity index (χ2v) is 5.04. The van der Waals surface area contributed by atoms with E-state index in [1.807, 2.05) is 10.8 Å². The number of rotatable bonds is 4. The van der Waals surface area contributed by atoms with Crippen LogP contribution in [0.15, 0.2) is 24.3 Å². The van der Waals surface area contributed by atoms with Gasteiger partial charge in [-0.15, -0.1) is 0 Å². The molecule has 0 aliphatic carbocycles. The molecule has 7 heteroatoms. The molecule has 0 saturated heterocycles. The van der Waals surface area contributed by atoms with Gasteiger partial charge in [-0.25, -0.2) is 13.1 Å². The quantitative estimate of drug-likeness (QED) is 0.603. The van der Waals surface area contributed by atoms with Crippen molar-refractivity contribution in [2.24, 2.45) is 0 Å². The molecular weight excluding hydrogens is 244 g/mol. The molecule has 0 fully saturated rings. The topological polar surface area (TPSA) is 96.3 Å². The van der Waals surface area contributed by atoms with Gasteiger partial charge in [-0.1, -0.05) is 6.07 Å². The van der Waals surface area contributed by atoms with Gasteiger partial charge in [0, 0.05) is 0 Å². The van der Waals surface area contributed by atoms with Crippen molar-refractivity contribution >= 4 is 16.0 Å². The third-order valence-electron chi connectivity index (χ3n) is 1.67. The molecule has 0 bridgehead atoms. The Hall–Kier alpha value is -1.91. The van der Waals surface area contributed by atoms with Gasteiger partial charge in [0.25, 0.3) is 0 Å². The van der Waals surface area contributed by atoms with Crippen molar-refractivity contribution in [3.05, 3.63) is 29.8 Å². The number of sulfonamides is 1. The van der Waals surface area contributed by atoms with Crippen LogP contribution in [0.25, 0.3) is 0 Å². The molecule has 0 saturated carbocycles. The minimum Gasteiger partial charge on any atom is -0.426 e. The van der Waals surface area contributed by atoms with Crippen molar-refractivity contribution in [1.82, 2.24) is 4.72 Å². The van der Waals surface area contributed by atoms with Gasteiger partial charge in [0.05, 0.1) is 17.9 Å². The predicted molar refractivity (Wildman–Crippen MR) is 59.6 cm³/mol. The van der Waals surface area contributed by atoms with Crippen LogP contribution in [0.1, 0.15) is 5.56 Å². The molecule has 90 valence electrons. The first kappa shape index (κ1) is 13.2. The number of hydrogen-bond donors (Lipinski definition) is 1. The van der Waals surface area contributed by atoms with Crippen LogP contribution in [0.5, 0.6) is 5.75 Å². The fourth-order valence-electron chi connectivity index (χ4n) is 0.987. The first-order valence-corrected chi connectivity index (χ1v) is 6.45. The molecule has 1 N–H and O–H groups in total. The van der Waals surface area contributed by atoms with E-state index < -0.39 is 22.5 Å². The van der Waals surface area contributed by atoms with Gasteiger partial charge in [0.1, 0.15) is 12.3 Å². The summed E-state index contributed by atoms with van der Waals surface area (Å²) in [5, 5.41) is 8.62. The number of carbonyl (C=O) groups is 1. The van der Waals surface area contributed by atoms with Gasteiger partial charge in [-0.05, 0) is 18.2 Å². The van der Waals surface area contributed by atoms with Crippen LogP contribution in [0.4, 0.5) is 0 Å². The van der Waals surface area contributed by atoms with E-state index in [1.165, 1.54) is 12.1 Å². The average molecular weight is 254 g/mol. The van der Waals surface area contributed by atoms with Crippen molar-refractivity contribution in [3.8, 4) is 11.8 Å². The van der Waals surface area contributed by atoms with Crippen molar-refractivity contribution in [3.63, 3.8) is 0 Å². The van der Waals surface area contributed by atoms with Crippen LogP contribution >= 0.6 is 0 Å². The SMILES string of the molecule is CS(=O)(=O)NCC(=O)Oc1cccc(C#N)c1. The van der Waals surface area contributed by atoms with Gasteiger partial charge in [0.15, 0.2) is 0 Å². The number of ether oxygens (including phenoxy) is 1. The molecule has 0 unspecified atom stereocenters. The van der Waals surface area contributed by atoms with E-state index in [0.29, 0.717) is 5.56 Å². The zero-order valence-corrected chi connectivity index (χ0v) is 9.82. The van der Waals surface area contributed by atoms with E-state index in [-0.39, 0.29) is 5.75 Å². The van der Waals surface area contributed by atoms with E-state index in [1.54, 1.807) is 12.1 Å². The average Bonchev–Trinajstić information content (AvgIpc) is 2.26. The van der Waals surface area contributed by atoms with Crippen molar-refractivity contribution in [2.45, 2.75) is 0 Å². The van der Waals surface area contributed by atoms with Crippen molar-refractivity contribution in [2.75, 3.05) is 12.8 Å². The molecular formula is C10H10N2O4S. The Kier molecular flexibility index (Phi) is 4.20. The van der Waals surface area contributed by atoms with Crippen molar-refractivity contribution < 1.29 is 17.9 Å². The van der Waals surface area contributed by atoms with Crippen LogP contribution in [-0.2, 0) is 14.8 Å². The normalized spacial score (nSPS) is 10.6. The summed E-state index contributed by atoms with van der Waals surface area (Å²) in [4.78, 5) is 11.2. The van der Waals surface area contributed by atoms with Gasteiger partial charge < -0.3 is 4.74 Å². The number of benzene rings is 1. The number of nitrogens with zero attached hydrogens (tertiary/aromatic N) is 1. The number of esters is 1. The highest BCUT2D eigenvalue weighted by atomic mass is 32.2. The van der Waals surface area contributed by atoms with Gasteiger partial charge in [0.2, 0.25) is 10.0 Å². The summed E-state index contributed by atoms with van der Waals surface area (Å²) in [5.41, 5.74) is 0.353. The highest BCUT2D eigenvalue weighted by molar-refractivity contribution is 7.88. The third kappa shape index (κ3) is 5.10. The minimum absolute atomic E-state index is 0.198. The van der Waals surface area contributed by atoms with Crippen LogP contribution < -0.4 is 9.46 Å². The number of carbonyl (C=O) groups excluding carboxylic acids is 1. The summed E-state index contributed by atoms with van der Waals surface area (Å²) in [6, 6.07) is 7.90. The highest BCUT2D eigenvalue weighted by Gasteiger charge is 2.08. The summed E-state index contributed by atoms with van der Waals surface area (Å²) < 4.78 is 28.3. The molecule has 0 atom stereocenters. The molecule has 0 amide bonds. The lowest BCUT2D eigenvalue weighted by Crippen LogP contribution is -2.30. The standard InChI is InChI=1S/C10H10N2O4S/c1-17(14,15)12-7-10(13)16-9-4-2-3-8(5-9)6-11/h2-5,12H,7H2,1H3. The highest BCUT2D eigenvalue weighted by Crippen LogP contribution is 2.12. The van der Waals surface area contributed by atoms with Gasteiger partial charge in [-0.3, -0.25) is 4.79 Å². The minimum atomic E-state index is -3.43. The summed E-state index contributed by atoms with van der Waals surface area (Å²) >= 11 is 0. The lowest BCUT2D eigenvalue weighted by atomic mass is 10.2. The third-order valence-corrected chi connectivity index (χ3v) is 2.34. The van der Waals surface area contributed by atoms with E-state index in [0.717, 1.165) is 6.26 Å². The number of nitriles is 1. The van der Waals surface area contributed by atoms with Crippen LogP contribution in [0, 0.1) is 11.3 Å². The Morgan fingerprint density at radius 2 is 2.24 bits per heavy atom. The molecule has 0 aliphatic rings. The molecule has 0 spiro atoms. The fourth-order valence-corrected chi connectivity index (χ4v) is 1.37. The maximum atomic E-state index is 11.2. The lowest BCUT2D eigenvalue weighted by Gasteiger charge is -2.04. The van der Waals surface area contributed by atoms with Crippen LogP contribution in [0.3, 0.4) is 0 Å². The lowest BCUT2D eigenvalue weighted by molar-refractivity contribution is -0.133. The summed E-state index contributed by atoms with van der Waals surface area (Å²) in [6.45, 7) is -0.449. The number of nitrogens with one attached hydrogen (secondary N) is 1. The molecule has 0 heterocycles. The first-order chi connectivity index (χ1) is 7.90. The Morgan fingerprint density at radius 3 is 2.82 bits per heavy atom. The van der Waals surface area contributed by atoms with Gasteiger partial charge in [-0.2, -0.15) is 5.26 Å². The molecule has 1 aromatic rings. The Morgan fingerprint density at radius 1 is 1.53 bits per heavy atom.